The highest BCUT2D eigenvalue weighted by atomic mass is 35.5. The Morgan fingerprint density at radius 1 is 0.667 bits per heavy atom. The normalized spacial score (nSPS) is 29.5. The fraction of sp³-hybridized carbons (Fsp3) is 0.506. The molecule has 0 aliphatic carbocycles. The number of halogens is 2. The van der Waals surface area contributed by atoms with Crippen LogP contribution in [-0.4, -0.2) is 259 Å². The quantitative estimate of drug-likeness (QED) is 0.0166. The van der Waals surface area contributed by atoms with Crippen LogP contribution in [0.2, 0.25) is 10.0 Å². The van der Waals surface area contributed by atoms with E-state index >= 15 is 28.8 Å². The van der Waals surface area contributed by atoms with Crippen molar-refractivity contribution in [1.29, 1.82) is 0 Å². The van der Waals surface area contributed by atoms with Crippen LogP contribution in [0.3, 0.4) is 0 Å². The van der Waals surface area contributed by atoms with E-state index in [0.29, 0.717) is 6.07 Å². The van der Waals surface area contributed by atoms with E-state index in [1.54, 1.807) is 13.8 Å². The molecule has 0 radical (unpaired) electrons. The average molecular weight is 1900 g/mol. The van der Waals surface area contributed by atoms with E-state index in [0.717, 1.165) is 60.7 Å². The molecular formula is C79H101Cl2N11O35P2. The standard InChI is InChI=1S/C79H101Cl2N11O35P2/c1-30(2)17-42(85-7)68(103)91-58-60(98)34-10-13-46(40(80)19-34)122-48-21-36-22-49(64(48)127-75-65(62(100)61(99)50(28-93)124-75)126-53-27-78(6,84)67(102)32(4)121-53)123-47-14-11-35(20-41(47)81)63(125-52-26-77(5,83)66(101)31(3)120-52)59-73(108)90-57(74(109)118-29-119-76(110)86-16-8-15-79(111,128(112,113)114)129(115,116)117)39-23-37(94)24-45(96)54(39)38-18-33(9-12-44(38)95)55(70(105)92-59)89-71(106)56(36)88-69(104)43(25-51(82)97)87-72(58)107/h9-14,18-24,30-32,42-43,50,52-53,55-63,65-67,75,85,93-96,98-102,111H,8,15-17,25-29,83-84H2,1-7H3,(H2,82,97)(H,86,110)(H,87,107)(H,88,104)(H,89,106)(H,90,108)(H,91,103)(H,92,105)(H2,112,113,114)(H2,115,116,117)/t31?,32?,42?,43?,50?,52?,53?,55?,56?,57-,58?,59?,60+,61?,62?,63-,65?,66?,67?,75?,77+,78+/m1/s1. The van der Waals surface area contributed by atoms with Gasteiger partial charge in [-0.3, -0.25) is 42.7 Å². The zero-order chi connectivity index (χ0) is 94.9. The Labute approximate surface area is 743 Å². The van der Waals surface area contributed by atoms with Gasteiger partial charge in [-0.1, -0.05) is 55.2 Å². The molecule has 706 valence electrons. The second kappa shape index (κ2) is 40.1. The van der Waals surface area contributed by atoms with Gasteiger partial charge in [-0.25, -0.2) is 9.59 Å². The summed E-state index contributed by atoms with van der Waals surface area (Å²) in [6.07, 6.45) is -27.6. The van der Waals surface area contributed by atoms with E-state index in [2.05, 4.69) is 37.2 Å². The molecule has 50 heteroatoms. The van der Waals surface area contributed by atoms with Gasteiger partial charge in [0.2, 0.25) is 60.2 Å². The van der Waals surface area contributed by atoms with Crippen molar-refractivity contribution in [3.8, 4) is 57.1 Å². The number of fused-ring (bicyclic) bond motifs is 15. The number of nitrogens with two attached hydrogens (primary N) is 3. The summed E-state index contributed by atoms with van der Waals surface area (Å²) in [7, 11) is -10.4. The maximum atomic E-state index is 16.6. The highest BCUT2D eigenvalue weighted by Gasteiger charge is 2.59. The Morgan fingerprint density at radius 3 is 1.80 bits per heavy atom. The lowest BCUT2D eigenvalue weighted by molar-refractivity contribution is -0.333. The van der Waals surface area contributed by atoms with Gasteiger partial charge < -0.3 is 178 Å². The number of aromatic hydroxyl groups is 3. The molecule has 8 amide bonds. The molecule has 129 heavy (non-hydrogen) atoms. The summed E-state index contributed by atoms with van der Waals surface area (Å²) in [5, 5.41) is 130. The van der Waals surface area contributed by atoms with Crippen LogP contribution in [0, 0.1) is 5.92 Å². The first-order valence-electron chi connectivity index (χ1n) is 40.1. The van der Waals surface area contributed by atoms with Crippen LogP contribution >= 0.6 is 38.4 Å². The molecule has 8 heterocycles. The number of likely N-dealkylation sites (N-methyl/N-ethyl adjacent to an activating group) is 1. The third-order valence-electron chi connectivity index (χ3n) is 22.4. The summed E-state index contributed by atoms with van der Waals surface area (Å²) < 4.78 is 86.2. The number of aliphatic hydroxyl groups is 7. The molecule has 13 rings (SSSR count). The van der Waals surface area contributed by atoms with E-state index in [1.165, 1.54) is 46.9 Å². The summed E-state index contributed by atoms with van der Waals surface area (Å²) in [5.41, 5.74) is 12.5. The van der Waals surface area contributed by atoms with Gasteiger partial charge in [0.15, 0.2) is 36.2 Å². The first kappa shape index (κ1) is 99.8. The van der Waals surface area contributed by atoms with Gasteiger partial charge in [0.25, 0.3) is 5.08 Å². The van der Waals surface area contributed by atoms with Crippen molar-refractivity contribution in [2.24, 2.45) is 23.1 Å². The molecule has 22 atom stereocenters. The van der Waals surface area contributed by atoms with Crippen LogP contribution in [0.25, 0.3) is 11.1 Å². The van der Waals surface area contributed by atoms with E-state index in [4.69, 9.17) is 87.8 Å². The van der Waals surface area contributed by atoms with Crippen molar-refractivity contribution in [1.82, 2.24) is 42.5 Å². The molecule has 5 aromatic carbocycles. The number of hydrogen-bond acceptors (Lipinski definition) is 34. The average Bonchev–Trinajstić information content (AvgIpc) is 0.791. The predicted molar refractivity (Wildman–Crippen MR) is 442 cm³/mol. The van der Waals surface area contributed by atoms with Gasteiger partial charge in [-0.15, -0.1) is 0 Å². The number of benzene rings is 5. The number of rotatable bonds is 23. The van der Waals surface area contributed by atoms with Gasteiger partial charge in [-0.05, 0) is 130 Å². The number of hydrogen-bond donors (Lipinski definition) is 25. The Hall–Kier alpha value is -9.79. The topological polar surface area (TPSA) is 738 Å². The molecule has 11 bridgehead atoms. The van der Waals surface area contributed by atoms with Crippen LogP contribution in [-0.2, 0) is 80.6 Å². The molecule has 0 aromatic heterocycles. The molecule has 3 fully saturated rings. The summed E-state index contributed by atoms with van der Waals surface area (Å²) in [5.74, 6) is -17.2. The highest BCUT2D eigenvalue weighted by molar-refractivity contribution is 7.72. The molecule has 5 aromatic rings. The Morgan fingerprint density at radius 2 is 1.23 bits per heavy atom. The number of aliphatic hydroxyl groups excluding tert-OH is 6. The number of alkyl carbamates (subject to hydrolysis) is 1. The Bertz CT molecular complexity index is 5160. The third-order valence-corrected chi connectivity index (χ3v) is 26.9. The van der Waals surface area contributed by atoms with Gasteiger partial charge in [0, 0.05) is 59.6 Å². The highest BCUT2D eigenvalue weighted by Crippen LogP contribution is 2.69. The number of ether oxygens (including phenoxy) is 10. The minimum absolute atomic E-state index is 0.151. The first-order chi connectivity index (χ1) is 60.3. The number of primary amides is 1. The lowest BCUT2D eigenvalue weighted by atomic mass is 9.86. The van der Waals surface area contributed by atoms with E-state index < -0.39 is 336 Å². The lowest BCUT2D eigenvalue weighted by Gasteiger charge is -2.47. The SMILES string of the molecule is CNC(CC(C)C)C(=O)NC1C(=O)NC(CC(N)=O)C(=O)NC2C(=O)NC3C(=O)NC(C(=O)N[C@@H](C(=O)OCOC(=O)NCCCC(O)(P(=O)(O)O)P(=O)(O)O)c4cc(O)cc(O)c4-c4cc3ccc4O)[C@H](OC3C[C@](C)(N)C(O)C(C)O3)c3ccc(c(Cl)c3)Oc3cc2cc(c3OC2OC(CO)C(O)C(O)C2OC2C[C@](C)(N)C(O)C(C)O2)Oc2ccc(cc2Cl)[C@@H]1O. The van der Waals surface area contributed by atoms with Crippen molar-refractivity contribution in [3.63, 3.8) is 0 Å². The first-order valence-corrected chi connectivity index (χ1v) is 44.1. The van der Waals surface area contributed by atoms with E-state index in [1.807, 2.05) is 5.32 Å². The Balaban J connectivity index is 1.14. The third kappa shape index (κ3) is 22.4. The summed E-state index contributed by atoms with van der Waals surface area (Å²) in [4.78, 5) is 174. The maximum Gasteiger partial charge on any atom is 0.410 e. The minimum atomic E-state index is -5.94. The van der Waals surface area contributed by atoms with Crippen LogP contribution in [0.15, 0.2) is 78.9 Å². The fourth-order valence-electron chi connectivity index (χ4n) is 15.5. The largest absolute Gasteiger partial charge is 0.508 e. The Kier molecular flexibility index (Phi) is 31.0. The predicted octanol–water partition coefficient (Wildman–Crippen LogP) is -0.732. The van der Waals surface area contributed by atoms with E-state index in [-0.39, 0.29) is 29.9 Å². The van der Waals surface area contributed by atoms with Crippen LogP contribution in [0.1, 0.15) is 138 Å². The van der Waals surface area contributed by atoms with Crippen molar-refractivity contribution in [2.45, 2.75) is 218 Å². The van der Waals surface area contributed by atoms with Crippen molar-refractivity contribution >= 4 is 91.8 Å². The molecule has 0 saturated carbocycles. The van der Waals surface area contributed by atoms with Crippen LogP contribution in [0.5, 0.6) is 46.0 Å². The van der Waals surface area contributed by atoms with Crippen molar-refractivity contribution in [2.75, 3.05) is 27.0 Å². The van der Waals surface area contributed by atoms with Crippen molar-refractivity contribution < 1.29 is 170 Å². The lowest BCUT2D eigenvalue weighted by Crippen LogP contribution is -2.64. The van der Waals surface area contributed by atoms with Gasteiger partial charge in [-0.2, -0.15) is 0 Å². The summed E-state index contributed by atoms with van der Waals surface area (Å²) in [6, 6.07) is -2.04. The molecule has 28 N–H and O–H groups in total. The number of amides is 8. The zero-order valence-electron chi connectivity index (χ0n) is 69.7. The number of carbonyl (C=O) groups excluding carboxylic acids is 9. The number of esters is 1. The molecule has 46 nitrogen and oxygen atoms in total. The number of phenolic OH excluding ortho intramolecular Hbond substituents is 3. The molecule has 3 saturated heterocycles. The molecule has 8 aliphatic rings. The maximum absolute atomic E-state index is 16.6. The van der Waals surface area contributed by atoms with Gasteiger partial charge in [0.05, 0.1) is 53.5 Å². The number of carbonyl (C=O) groups is 9. The second-order valence-corrected chi connectivity index (χ2v) is 37.6. The summed E-state index contributed by atoms with van der Waals surface area (Å²) >= 11 is 14.6. The monoisotopic (exact) mass is 1900 g/mol. The zero-order valence-corrected chi connectivity index (χ0v) is 73.0. The second-order valence-electron chi connectivity index (χ2n) is 32.8. The molecule has 0 spiro atoms. The van der Waals surface area contributed by atoms with Gasteiger partial charge in [0.1, 0.15) is 89.5 Å². The fourth-order valence-corrected chi connectivity index (χ4v) is 18.2. The van der Waals surface area contributed by atoms with Crippen LogP contribution in [0.4, 0.5) is 4.79 Å². The minimum Gasteiger partial charge on any atom is -0.508 e. The number of nitrogens with one attached hydrogen (secondary N) is 8. The summed E-state index contributed by atoms with van der Waals surface area (Å²) in [6.45, 7) is 6.14. The molecule has 8 aliphatic heterocycles. The smallest absolute Gasteiger partial charge is 0.410 e. The molecule has 17 unspecified atom stereocenters. The van der Waals surface area contributed by atoms with Gasteiger partial charge >= 0.3 is 27.3 Å². The van der Waals surface area contributed by atoms with Crippen molar-refractivity contribution in [3.05, 3.63) is 117 Å². The molecular weight excluding hydrogens is 1800 g/mol. The van der Waals surface area contributed by atoms with Crippen LogP contribution < -0.4 is 73.9 Å². The van der Waals surface area contributed by atoms with E-state index in [9.17, 15) is 94.2 Å². The number of phenols is 3.